The van der Waals surface area contributed by atoms with Crippen LogP contribution in [0.3, 0.4) is 0 Å². The number of anilines is 1. The molecule has 0 saturated carbocycles. The number of halogens is 1. The zero-order valence-electron chi connectivity index (χ0n) is 13.3. The van der Waals surface area contributed by atoms with Crippen molar-refractivity contribution in [1.29, 1.82) is 0 Å². The minimum Gasteiger partial charge on any atom is -0.490 e. The van der Waals surface area contributed by atoms with Crippen LogP contribution in [0.2, 0.25) is 5.02 Å². The standard InChI is InChI=1S/C17H17ClN2O5/c18-11-9-14-15(25-8-2-7-24-14)10-12(11)20-16(21)4-5-19-17(22)13-3-1-6-23-13/h1,3,6,9-10H,2,4-5,7-8H2,(H,19,22)(H,20,21). The highest BCUT2D eigenvalue weighted by atomic mass is 35.5. The van der Waals surface area contributed by atoms with Gasteiger partial charge in [0.15, 0.2) is 17.3 Å². The van der Waals surface area contributed by atoms with Crippen molar-refractivity contribution in [1.82, 2.24) is 5.32 Å². The van der Waals surface area contributed by atoms with E-state index in [0.29, 0.717) is 35.4 Å². The Morgan fingerprint density at radius 3 is 2.64 bits per heavy atom. The van der Waals surface area contributed by atoms with Crippen molar-refractivity contribution < 1.29 is 23.5 Å². The summed E-state index contributed by atoms with van der Waals surface area (Å²) in [5, 5.41) is 5.67. The van der Waals surface area contributed by atoms with Gasteiger partial charge in [0.05, 0.1) is 30.2 Å². The van der Waals surface area contributed by atoms with Gasteiger partial charge in [0.25, 0.3) is 5.91 Å². The molecule has 8 heteroatoms. The monoisotopic (exact) mass is 364 g/mol. The molecular weight excluding hydrogens is 348 g/mol. The van der Waals surface area contributed by atoms with Crippen molar-refractivity contribution in [3.8, 4) is 11.5 Å². The van der Waals surface area contributed by atoms with Crippen molar-refractivity contribution in [2.75, 3.05) is 25.1 Å². The van der Waals surface area contributed by atoms with Crippen LogP contribution in [-0.4, -0.2) is 31.6 Å². The average molecular weight is 365 g/mol. The molecule has 0 saturated heterocycles. The van der Waals surface area contributed by atoms with Crippen LogP contribution < -0.4 is 20.1 Å². The van der Waals surface area contributed by atoms with E-state index in [0.717, 1.165) is 6.42 Å². The lowest BCUT2D eigenvalue weighted by atomic mass is 10.2. The van der Waals surface area contributed by atoms with Crippen molar-refractivity contribution in [2.24, 2.45) is 0 Å². The molecule has 0 aliphatic carbocycles. The fraction of sp³-hybridized carbons (Fsp3) is 0.294. The first-order valence-electron chi connectivity index (χ1n) is 7.84. The third-order valence-electron chi connectivity index (χ3n) is 3.49. The molecule has 2 amide bonds. The highest BCUT2D eigenvalue weighted by molar-refractivity contribution is 6.34. The van der Waals surface area contributed by atoms with E-state index in [1.165, 1.54) is 6.26 Å². The lowest BCUT2D eigenvalue weighted by Gasteiger charge is -2.12. The average Bonchev–Trinajstić information content (AvgIpc) is 3.03. The van der Waals surface area contributed by atoms with Crippen molar-refractivity contribution in [3.63, 3.8) is 0 Å². The molecule has 132 valence electrons. The molecule has 1 aliphatic heterocycles. The quantitative estimate of drug-likeness (QED) is 0.851. The summed E-state index contributed by atoms with van der Waals surface area (Å²) >= 11 is 6.18. The number of benzene rings is 1. The Kier molecular flexibility index (Phi) is 5.45. The number of rotatable bonds is 5. The highest BCUT2D eigenvalue weighted by Gasteiger charge is 2.16. The van der Waals surface area contributed by atoms with Gasteiger partial charge in [-0.25, -0.2) is 0 Å². The van der Waals surface area contributed by atoms with E-state index >= 15 is 0 Å². The van der Waals surface area contributed by atoms with Gasteiger partial charge in [-0.15, -0.1) is 0 Å². The Morgan fingerprint density at radius 1 is 1.16 bits per heavy atom. The van der Waals surface area contributed by atoms with Crippen LogP contribution >= 0.6 is 11.6 Å². The third-order valence-corrected chi connectivity index (χ3v) is 3.81. The van der Waals surface area contributed by atoms with E-state index in [4.69, 9.17) is 25.5 Å². The van der Waals surface area contributed by atoms with Crippen molar-refractivity contribution in [3.05, 3.63) is 41.3 Å². The summed E-state index contributed by atoms with van der Waals surface area (Å²) in [5.74, 6) is 0.656. The van der Waals surface area contributed by atoms with Gasteiger partial charge in [-0.3, -0.25) is 9.59 Å². The van der Waals surface area contributed by atoms with Gasteiger partial charge < -0.3 is 24.5 Å². The zero-order chi connectivity index (χ0) is 17.6. The van der Waals surface area contributed by atoms with Gasteiger partial charge in [0.1, 0.15) is 0 Å². The predicted molar refractivity (Wildman–Crippen MR) is 91.3 cm³/mol. The number of furan rings is 1. The number of nitrogens with one attached hydrogen (secondary N) is 2. The number of fused-ring (bicyclic) bond motifs is 1. The molecule has 0 bridgehead atoms. The molecule has 1 aromatic carbocycles. The molecule has 0 unspecified atom stereocenters. The Labute approximate surface area is 149 Å². The summed E-state index contributed by atoms with van der Waals surface area (Å²) < 4.78 is 16.1. The van der Waals surface area contributed by atoms with Crippen LogP contribution in [0, 0.1) is 0 Å². The Bertz CT molecular complexity index is 761. The Balaban J connectivity index is 1.54. The predicted octanol–water partition coefficient (Wildman–Crippen LogP) is 2.85. The molecule has 2 aromatic rings. The maximum absolute atomic E-state index is 12.1. The van der Waals surface area contributed by atoms with E-state index in [1.807, 2.05) is 0 Å². The number of carbonyl (C=O) groups excluding carboxylic acids is 2. The molecule has 2 N–H and O–H groups in total. The van der Waals surface area contributed by atoms with E-state index in [2.05, 4.69) is 10.6 Å². The summed E-state index contributed by atoms with van der Waals surface area (Å²) in [7, 11) is 0. The topological polar surface area (TPSA) is 89.8 Å². The minimum atomic E-state index is -0.369. The summed E-state index contributed by atoms with van der Waals surface area (Å²) in [6.07, 6.45) is 2.29. The summed E-state index contributed by atoms with van der Waals surface area (Å²) in [5.41, 5.74) is 0.438. The fourth-order valence-corrected chi connectivity index (χ4v) is 2.48. The normalized spacial score (nSPS) is 13.0. The number of carbonyl (C=O) groups is 2. The summed E-state index contributed by atoms with van der Waals surface area (Å²) in [4.78, 5) is 23.8. The number of ether oxygens (including phenoxy) is 2. The van der Waals surface area contributed by atoms with Gasteiger partial charge in [-0.1, -0.05) is 11.6 Å². The van der Waals surface area contributed by atoms with E-state index in [9.17, 15) is 9.59 Å². The first-order chi connectivity index (χ1) is 12.1. The van der Waals surface area contributed by atoms with Crippen LogP contribution in [0.5, 0.6) is 11.5 Å². The van der Waals surface area contributed by atoms with Gasteiger partial charge in [-0.2, -0.15) is 0 Å². The number of amides is 2. The van der Waals surface area contributed by atoms with Gasteiger partial charge in [0.2, 0.25) is 5.91 Å². The van der Waals surface area contributed by atoms with Crippen LogP contribution in [0.1, 0.15) is 23.4 Å². The molecule has 0 radical (unpaired) electrons. The molecule has 1 aliphatic rings. The van der Waals surface area contributed by atoms with Gasteiger partial charge in [0, 0.05) is 31.5 Å². The van der Waals surface area contributed by atoms with Crippen LogP contribution in [0.25, 0.3) is 0 Å². The molecule has 2 heterocycles. The molecular formula is C17H17ClN2O5. The SMILES string of the molecule is O=C(CCNC(=O)c1ccco1)Nc1cc2c(cc1Cl)OCCCO2. The highest BCUT2D eigenvalue weighted by Crippen LogP contribution is 2.37. The second kappa shape index (κ2) is 7.94. The Hall–Kier alpha value is -2.67. The molecule has 0 fully saturated rings. The molecule has 7 nitrogen and oxygen atoms in total. The second-order valence-electron chi connectivity index (χ2n) is 5.36. The zero-order valence-corrected chi connectivity index (χ0v) is 14.1. The fourth-order valence-electron chi connectivity index (χ4n) is 2.28. The largest absolute Gasteiger partial charge is 0.490 e. The van der Waals surface area contributed by atoms with Crippen LogP contribution in [0.15, 0.2) is 34.9 Å². The minimum absolute atomic E-state index is 0.0945. The van der Waals surface area contributed by atoms with E-state index in [1.54, 1.807) is 24.3 Å². The maximum atomic E-state index is 12.1. The summed E-state index contributed by atoms with van der Waals surface area (Å²) in [6, 6.07) is 6.43. The molecule has 0 atom stereocenters. The van der Waals surface area contributed by atoms with Crippen LogP contribution in [0.4, 0.5) is 5.69 Å². The van der Waals surface area contributed by atoms with E-state index < -0.39 is 0 Å². The first-order valence-corrected chi connectivity index (χ1v) is 8.22. The van der Waals surface area contributed by atoms with Crippen LogP contribution in [-0.2, 0) is 4.79 Å². The first kappa shape index (κ1) is 17.2. The van der Waals surface area contributed by atoms with E-state index in [-0.39, 0.29) is 30.5 Å². The van der Waals surface area contributed by atoms with Gasteiger partial charge in [-0.05, 0) is 12.1 Å². The number of hydrogen-bond acceptors (Lipinski definition) is 5. The van der Waals surface area contributed by atoms with Crippen molar-refractivity contribution >= 4 is 29.1 Å². The molecule has 1 aromatic heterocycles. The maximum Gasteiger partial charge on any atom is 0.286 e. The van der Waals surface area contributed by atoms with Crippen molar-refractivity contribution in [2.45, 2.75) is 12.8 Å². The smallest absolute Gasteiger partial charge is 0.286 e. The third kappa shape index (κ3) is 4.45. The lowest BCUT2D eigenvalue weighted by molar-refractivity contribution is -0.116. The molecule has 3 rings (SSSR count). The molecule has 0 spiro atoms. The molecule has 25 heavy (non-hydrogen) atoms. The Morgan fingerprint density at radius 2 is 1.92 bits per heavy atom. The lowest BCUT2D eigenvalue weighted by Crippen LogP contribution is -2.27. The number of hydrogen-bond donors (Lipinski definition) is 2. The second-order valence-corrected chi connectivity index (χ2v) is 5.77. The van der Waals surface area contributed by atoms with Gasteiger partial charge >= 0.3 is 0 Å². The summed E-state index contributed by atoms with van der Waals surface area (Å²) in [6.45, 7) is 1.28.